The lowest BCUT2D eigenvalue weighted by atomic mass is 10.1. The lowest BCUT2D eigenvalue weighted by Crippen LogP contribution is -1.97. The number of hydrogen-bond donors (Lipinski definition) is 3. The third-order valence-corrected chi connectivity index (χ3v) is 5.53. The van der Waals surface area contributed by atoms with Crippen molar-refractivity contribution in [3.8, 4) is 22.5 Å². The van der Waals surface area contributed by atoms with Gasteiger partial charge in [-0.05, 0) is 42.0 Å². The number of aromatic nitrogens is 5. The molecule has 32 heavy (non-hydrogen) atoms. The number of benzene rings is 2. The molecule has 0 bridgehead atoms. The molecule has 0 aliphatic rings. The minimum absolute atomic E-state index is 0.0557. The summed E-state index contributed by atoms with van der Waals surface area (Å²) in [4.78, 5) is 24.2. The van der Waals surface area contributed by atoms with Crippen LogP contribution in [0.15, 0.2) is 67.1 Å². The second-order valence-corrected chi connectivity index (χ2v) is 7.74. The predicted molar refractivity (Wildman–Crippen MR) is 126 cm³/mol. The molecular weight excluding hydrogens is 424 g/mol. The third-order valence-electron chi connectivity index (χ3n) is 5.22. The van der Waals surface area contributed by atoms with E-state index in [1.807, 2.05) is 55.6 Å². The van der Waals surface area contributed by atoms with Gasteiger partial charge in [0.2, 0.25) is 0 Å². The number of ketones is 1. The van der Waals surface area contributed by atoms with Crippen LogP contribution >= 0.6 is 11.6 Å². The van der Waals surface area contributed by atoms with Crippen molar-refractivity contribution in [1.82, 2.24) is 25.1 Å². The summed E-state index contributed by atoms with van der Waals surface area (Å²) in [5.74, 6) is 1.20. The molecule has 0 fully saturated rings. The van der Waals surface area contributed by atoms with Crippen LogP contribution in [-0.4, -0.2) is 30.9 Å². The van der Waals surface area contributed by atoms with Gasteiger partial charge in [0.05, 0.1) is 16.9 Å². The molecule has 3 N–H and O–H groups in total. The van der Waals surface area contributed by atoms with Gasteiger partial charge in [-0.25, -0.2) is 9.97 Å². The number of nitrogens with zero attached hydrogens (tertiary/aromatic N) is 3. The van der Waals surface area contributed by atoms with Gasteiger partial charge in [-0.3, -0.25) is 9.89 Å². The smallest absolute Gasteiger partial charge is 0.178 e. The summed E-state index contributed by atoms with van der Waals surface area (Å²) in [6, 6.07) is 15.3. The Kier molecular flexibility index (Phi) is 5.17. The Morgan fingerprint density at radius 3 is 2.69 bits per heavy atom. The van der Waals surface area contributed by atoms with Gasteiger partial charge >= 0.3 is 0 Å². The Labute approximate surface area is 188 Å². The summed E-state index contributed by atoms with van der Waals surface area (Å²) in [7, 11) is 0. The zero-order valence-corrected chi connectivity index (χ0v) is 17.9. The van der Waals surface area contributed by atoms with Crippen molar-refractivity contribution < 1.29 is 4.79 Å². The van der Waals surface area contributed by atoms with Gasteiger partial charge < -0.3 is 10.3 Å². The molecule has 5 rings (SSSR count). The number of rotatable bonds is 6. The first-order chi connectivity index (χ1) is 15.6. The van der Waals surface area contributed by atoms with Crippen LogP contribution in [0.1, 0.15) is 23.8 Å². The van der Waals surface area contributed by atoms with E-state index in [9.17, 15) is 4.79 Å². The Balaban J connectivity index is 1.43. The first-order valence-corrected chi connectivity index (χ1v) is 10.5. The zero-order valence-electron chi connectivity index (χ0n) is 17.2. The minimum Gasteiger partial charge on any atom is -0.352 e. The minimum atomic E-state index is 0.0557. The molecule has 3 aromatic heterocycles. The van der Waals surface area contributed by atoms with Gasteiger partial charge in [0.15, 0.2) is 11.6 Å². The zero-order chi connectivity index (χ0) is 22.1. The predicted octanol–water partition coefficient (Wildman–Crippen LogP) is 6.00. The van der Waals surface area contributed by atoms with Gasteiger partial charge in [-0.1, -0.05) is 30.7 Å². The molecule has 0 aliphatic heterocycles. The Hall–Kier alpha value is -3.97. The molecule has 0 saturated heterocycles. The molecule has 3 heterocycles. The summed E-state index contributed by atoms with van der Waals surface area (Å²) >= 11 is 6.53. The maximum absolute atomic E-state index is 12.0. The van der Waals surface area contributed by atoms with Crippen LogP contribution in [0.3, 0.4) is 0 Å². The number of aromatic amines is 2. The maximum Gasteiger partial charge on any atom is 0.178 e. The Morgan fingerprint density at radius 2 is 1.94 bits per heavy atom. The van der Waals surface area contributed by atoms with Gasteiger partial charge in [0.1, 0.15) is 5.82 Å². The Bertz CT molecular complexity index is 1410. The fourth-order valence-electron chi connectivity index (χ4n) is 3.53. The van der Waals surface area contributed by atoms with Gasteiger partial charge in [0, 0.05) is 46.5 Å². The monoisotopic (exact) mass is 442 g/mol. The number of fused-ring (bicyclic) bond motifs is 1. The number of carbonyl (C=O) groups excluding carboxylic acids is 1. The second-order valence-electron chi connectivity index (χ2n) is 7.33. The van der Waals surface area contributed by atoms with Crippen LogP contribution < -0.4 is 5.32 Å². The van der Waals surface area contributed by atoms with Crippen molar-refractivity contribution in [2.24, 2.45) is 0 Å². The Morgan fingerprint density at radius 1 is 1.09 bits per heavy atom. The van der Waals surface area contributed by atoms with Gasteiger partial charge in [0.25, 0.3) is 0 Å². The first-order valence-electron chi connectivity index (χ1n) is 10.2. The molecule has 0 saturated carbocycles. The number of carbonyl (C=O) groups is 1. The number of hydrogen-bond acceptors (Lipinski definition) is 5. The van der Waals surface area contributed by atoms with Crippen LogP contribution in [0.5, 0.6) is 0 Å². The second kappa shape index (κ2) is 8.28. The molecule has 2 aromatic carbocycles. The highest BCUT2D eigenvalue weighted by molar-refractivity contribution is 6.34. The van der Waals surface area contributed by atoms with E-state index in [4.69, 9.17) is 11.6 Å². The maximum atomic E-state index is 12.0. The molecule has 0 atom stereocenters. The summed E-state index contributed by atoms with van der Waals surface area (Å²) in [6.45, 7) is 1.84. The van der Waals surface area contributed by atoms with E-state index in [1.165, 1.54) is 0 Å². The standard InChI is InChI=1S/C24H19ClN6O/c1-2-22(32)21-10-15-9-19(25)18(11-20(15)30-21)24-26-8-7-23(31-24)29-17-5-3-14(4-6-17)16-12-27-28-13-16/h3-13,30H,2H2,1H3,(H,27,28)(H,26,29,31). The molecule has 0 unspecified atom stereocenters. The van der Waals surface area contributed by atoms with Crippen molar-refractivity contribution in [1.29, 1.82) is 0 Å². The third kappa shape index (κ3) is 3.86. The highest BCUT2D eigenvalue weighted by Crippen LogP contribution is 2.31. The highest BCUT2D eigenvalue weighted by Gasteiger charge is 2.13. The quantitative estimate of drug-likeness (QED) is 0.280. The summed E-state index contributed by atoms with van der Waals surface area (Å²) in [6.07, 6.45) is 5.76. The fourth-order valence-corrected chi connectivity index (χ4v) is 3.78. The van der Waals surface area contributed by atoms with E-state index in [1.54, 1.807) is 18.5 Å². The van der Waals surface area contributed by atoms with E-state index >= 15 is 0 Å². The van der Waals surface area contributed by atoms with Crippen LogP contribution in [-0.2, 0) is 0 Å². The number of nitrogens with one attached hydrogen (secondary N) is 3. The van der Waals surface area contributed by atoms with E-state index in [2.05, 4.69) is 30.5 Å². The number of Topliss-reactive ketones (excluding diaryl/α,β-unsaturated/α-hetero) is 1. The van der Waals surface area contributed by atoms with E-state index in [-0.39, 0.29) is 5.78 Å². The molecule has 8 heteroatoms. The van der Waals surface area contributed by atoms with E-state index in [0.717, 1.165) is 27.7 Å². The average molecular weight is 443 g/mol. The molecule has 7 nitrogen and oxygen atoms in total. The molecular formula is C24H19ClN6O. The lowest BCUT2D eigenvalue weighted by molar-refractivity contribution is 0.0984. The first kappa shape index (κ1) is 20.0. The number of anilines is 2. The summed E-state index contributed by atoms with van der Waals surface area (Å²) in [5.41, 5.74) is 5.08. The lowest BCUT2D eigenvalue weighted by Gasteiger charge is -2.09. The van der Waals surface area contributed by atoms with Crippen molar-refractivity contribution in [2.75, 3.05) is 5.32 Å². The van der Waals surface area contributed by atoms with Crippen molar-refractivity contribution >= 4 is 39.8 Å². The average Bonchev–Trinajstić information content (AvgIpc) is 3.49. The normalized spacial score (nSPS) is 11.1. The topological polar surface area (TPSA) is 99.3 Å². The highest BCUT2D eigenvalue weighted by atomic mass is 35.5. The molecule has 158 valence electrons. The largest absolute Gasteiger partial charge is 0.352 e. The molecule has 0 amide bonds. The van der Waals surface area contributed by atoms with Crippen LogP contribution in [0, 0.1) is 0 Å². The van der Waals surface area contributed by atoms with Crippen LogP contribution in [0.4, 0.5) is 11.5 Å². The van der Waals surface area contributed by atoms with Crippen LogP contribution in [0.2, 0.25) is 5.02 Å². The van der Waals surface area contributed by atoms with E-state index in [0.29, 0.717) is 34.3 Å². The van der Waals surface area contributed by atoms with Gasteiger partial charge in [-0.15, -0.1) is 0 Å². The van der Waals surface area contributed by atoms with Crippen molar-refractivity contribution in [3.05, 3.63) is 77.8 Å². The summed E-state index contributed by atoms with van der Waals surface area (Å²) in [5, 5.41) is 11.5. The van der Waals surface area contributed by atoms with Crippen molar-refractivity contribution in [3.63, 3.8) is 0 Å². The fraction of sp³-hybridized carbons (Fsp3) is 0.0833. The number of H-pyrrole nitrogens is 2. The summed E-state index contributed by atoms with van der Waals surface area (Å²) < 4.78 is 0. The SMILES string of the molecule is CCC(=O)c1cc2cc(Cl)c(-c3nccc(Nc4ccc(-c5cn[nH]c5)cc4)n3)cc2[nH]1. The molecule has 0 spiro atoms. The molecule has 0 aliphatic carbocycles. The van der Waals surface area contributed by atoms with Gasteiger partial charge in [-0.2, -0.15) is 5.10 Å². The molecule has 5 aromatic rings. The molecule has 0 radical (unpaired) electrons. The van der Waals surface area contributed by atoms with Crippen molar-refractivity contribution in [2.45, 2.75) is 13.3 Å². The number of halogens is 1. The van der Waals surface area contributed by atoms with Crippen LogP contribution in [0.25, 0.3) is 33.4 Å². The van der Waals surface area contributed by atoms with E-state index < -0.39 is 0 Å².